The number of carbonyl (C=O) groups is 1. The number of benzene rings is 1. The van der Waals surface area contributed by atoms with Crippen molar-refractivity contribution in [1.29, 1.82) is 0 Å². The van der Waals surface area contributed by atoms with Crippen LogP contribution in [0.1, 0.15) is 26.1 Å². The van der Waals surface area contributed by atoms with E-state index in [0.717, 1.165) is 21.1 Å². The van der Waals surface area contributed by atoms with Gasteiger partial charge < -0.3 is 19.5 Å². The van der Waals surface area contributed by atoms with Crippen LogP contribution in [0.2, 0.25) is 0 Å². The molecule has 3 aromatic rings. The molecular formula is C19H22N4O4S. The molecule has 9 heteroatoms. The highest BCUT2D eigenvalue weighted by Crippen LogP contribution is 2.40. The van der Waals surface area contributed by atoms with Gasteiger partial charge in [-0.1, -0.05) is 0 Å². The van der Waals surface area contributed by atoms with E-state index in [1.54, 1.807) is 50.9 Å². The lowest BCUT2D eigenvalue weighted by molar-refractivity contribution is 0.0946. The predicted octanol–water partition coefficient (Wildman–Crippen LogP) is 3.11. The van der Waals surface area contributed by atoms with Gasteiger partial charge >= 0.3 is 0 Å². The van der Waals surface area contributed by atoms with Crippen molar-refractivity contribution in [3.8, 4) is 28.5 Å². The van der Waals surface area contributed by atoms with Gasteiger partial charge in [-0.2, -0.15) is 5.10 Å². The molecule has 0 saturated heterocycles. The van der Waals surface area contributed by atoms with Crippen molar-refractivity contribution in [2.24, 2.45) is 0 Å². The first-order chi connectivity index (χ1) is 13.5. The second-order valence-electron chi connectivity index (χ2n) is 6.01. The second-order valence-corrected chi connectivity index (χ2v) is 7.29. The van der Waals surface area contributed by atoms with Gasteiger partial charge in [0.05, 0.1) is 44.3 Å². The number of nitrogens with zero attached hydrogens (tertiary/aromatic N) is 2. The van der Waals surface area contributed by atoms with Crippen molar-refractivity contribution in [3.05, 3.63) is 39.5 Å². The van der Waals surface area contributed by atoms with E-state index in [1.165, 1.54) is 0 Å². The van der Waals surface area contributed by atoms with Gasteiger partial charge in [0.25, 0.3) is 5.91 Å². The molecule has 1 amide bonds. The second kappa shape index (κ2) is 8.30. The number of hydrogen-bond donors (Lipinski definition) is 2. The number of nitrogens with one attached hydrogen (secondary N) is 2. The minimum atomic E-state index is -0.239. The molecule has 1 aromatic carbocycles. The molecule has 0 saturated carbocycles. The zero-order valence-electron chi connectivity index (χ0n) is 16.4. The summed E-state index contributed by atoms with van der Waals surface area (Å²) in [5.41, 5.74) is 2.63. The van der Waals surface area contributed by atoms with E-state index in [0.29, 0.717) is 35.2 Å². The quantitative estimate of drug-likeness (QED) is 0.630. The number of rotatable bonds is 7. The van der Waals surface area contributed by atoms with E-state index in [1.807, 2.05) is 13.8 Å². The highest BCUT2D eigenvalue weighted by molar-refractivity contribution is 7.11. The van der Waals surface area contributed by atoms with Crippen molar-refractivity contribution in [2.45, 2.75) is 20.4 Å². The first-order valence-electron chi connectivity index (χ1n) is 8.53. The molecule has 2 heterocycles. The van der Waals surface area contributed by atoms with Gasteiger partial charge in [-0.25, -0.2) is 4.98 Å². The van der Waals surface area contributed by atoms with Gasteiger partial charge in [0.1, 0.15) is 5.69 Å². The van der Waals surface area contributed by atoms with Crippen LogP contribution >= 0.6 is 11.3 Å². The number of methoxy groups -OCH3 is 3. The summed E-state index contributed by atoms with van der Waals surface area (Å²) in [6.45, 7) is 4.31. The minimum Gasteiger partial charge on any atom is -0.493 e. The van der Waals surface area contributed by atoms with Crippen LogP contribution in [0.4, 0.5) is 0 Å². The highest BCUT2D eigenvalue weighted by atomic mass is 32.1. The largest absolute Gasteiger partial charge is 0.493 e. The van der Waals surface area contributed by atoms with Crippen molar-refractivity contribution >= 4 is 17.2 Å². The number of aromatic amines is 1. The molecule has 0 radical (unpaired) electrons. The summed E-state index contributed by atoms with van der Waals surface area (Å²) >= 11 is 1.57. The fourth-order valence-corrected chi connectivity index (χ4v) is 3.69. The summed E-state index contributed by atoms with van der Waals surface area (Å²) in [7, 11) is 4.64. The summed E-state index contributed by atoms with van der Waals surface area (Å²) in [6, 6.07) is 5.24. The molecule has 28 heavy (non-hydrogen) atoms. The number of hydrogen-bond acceptors (Lipinski definition) is 7. The zero-order valence-corrected chi connectivity index (χ0v) is 17.2. The Kier molecular flexibility index (Phi) is 5.84. The predicted molar refractivity (Wildman–Crippen MR) is 106 cm³/mol. The normalized spacial score (nSPS) is 10.6. The molecule has 2 aromatic heterocycles. The number of amides is 1. The number of carbonyl (C=O) groups excluding carboxylic acids is 1. The molecule has 148 valence electrons. The lowest BCUT2D eigenvalue weighted by atomic mass is 10.1. The Morgan fingerprint density at radius 3 is 2.32 bits per heavy atom. The zero-order chi connectivity index (χ0) is 20.3. The van der Waals surface area contributed by atoms with Gasteiger partial charge in [0.2, 0.25) is 5.75 Å². The molecule has 0 spiro atoms. The maximum Gasteiger partial charge on any atom is 0.269 e. The highest BCUT2D eigenvalue weighted by Gasteiger charge is 2.17. The SMILES string of the molecule is COc1cc(-c2cc(C(=O)NCc3sc(C)nc3C)[nH]n2)cc(OC)c1OC. The van der Waals surface area contributed by atoms with Crippen LogP contribution in [0.3, 0.4) is 0 Å². The molecule has 8 nitrogen and oxygen atoms in total. The van der Waals surface area contributed by atoms with E-state index in [-0.39, 0.29) is 5.91 Å². The van der Waals surface area contributed by atoms with Gasteiger partial charge in [-0.05, 0) is 32.0 Å². The molecule has 0 bridgehead atoms. The number of thiazole rings is 1. The van der Waals surface area contributed by atoms with E-state index in [4.69, 9.17) is 14.2 Å². The van der Waals surface area contributed by atoms with Crippen molar-refractivity contribution in [3.63, 3.8) is 0 Å². The Morgan fingerprint density at radius 2 is 1.79 bits per heavy atom. The summed E-state index contributed by atoms with van der Waals surface area (Å²) in [4.78, 5) is 17.9. The Balaban J connectivity index is 1.79. The lowest BCUT2D eigenvalue weighted by Crippen LogP contribution is -2.23. The molecule has 3 rings (SSSR count). The Labute approximate surface area is 166 Å². The van der Waals surface area contributed by atoms with Gasteiger partial charge in [-0.15, -0.1) is 11.3 Å². The third kappa shape index (κ3) is 3.94. The molecule has 2 N–H and O–H groups in total. The smallest absolute Gasteiger partial charge is 0.269 e. The van der Waals surface area contributed by atoms with E-state index in [2.05, 4.69) is 20.5 Å². The first-order valence-corrected chi connectivity index (χ1v) is 9.35. The fraction of sp³-hybridized carbons (Fsp3) is 0.316. The number of aromatic nitrogens is 3. The van der Waals surface area contributed by atoms with Crippen molar-refractivity contribution in [2.75, 3.05) is 21.3 Å². The topological polar surface area (TPSA) is 98.4 Å². The van der Waals surface area contributed by atoms with Crippen LogP contribution in [0.5, 0.6) is 17.2 Å². The minimum absolute atomic E-state index is 0.239. The summed E-state index contributed by atoms with van der Waals surface area (Å²) in [5.74, 6) is 1.29. The molecule has 0 aliphatic carbocycles. The Morgan fingerprint density at radius 1 is 1.11 bits per heavy atom. The summed E-state index contributed by atoms with van der Waals surface area (Å²) in [5, 5.41) is 10.9. The van der Waals surface area contributed by atoms with Crippen molar-refractivity contribution in [1.82, 2.24) is 20.5 Å². The fourth-order valence-electron chi connectivity index (χ4n) is 2.81. The molecule has 0 aliphatic rings. The van der Waals surface area contributed by atoms with Crippen LogP contribution in [0, 0.1) is 13.8 Å². The average Bonchev–Trinajstić information content (AvgIpc) is 3.31. The molecule has 0 unspecified atom stereocenters. The van der Waals surface area contributed by atoms with Crippen LogP contribution < -0.4 is 19.5 Å². The van der Waals surface area contributed by atoms with Crippen LogP contribution in [0.15, 0.2) is 18.2 Å². The van der Waals surface area contributed by atoms with Crippen LogP contribution in [-0.2, 0) is 6.54 Å². The number of ether oxygens (including phenoxy) is 3. The third-order valence-corrected chi connectivity index (χ3v) is 5.26. The average molecular weight is 402 g/mol. The van der Waals surface area contributed by atoms with Crippen LogP contribution in [-0.4, -0.2) is 42.4 Å². The Hall–Kier alpha value is -3.07. The van der Waals surface area contributed by atoms with Gasteiger partial charge in [0, 0.05) is 10.4 Å². The number of aryl methyl sites for hydroxylation is 2. The van der Waals surface area contributed by atoms with Crippen LogP contribution in [0.25, 0.3) is 11.3 Å². The standard InChI is InChI=1S/C19H22N4O4S/c1-10-17(28-11(2)21-10)9-20-19(24)14-8-13(22-23-14)12-6-15(25-3)18(27-5)16(7-12)26-4/h6-8H,9H2,1-5H3,(H,20,24)(H,22,23). The number of H-pyrrole nitrogens is 1. The monoisotopic (exact) mass is 402 g/mol. The molecule has 0 fully saturated rings. The lowest BCUT2D eigenvalue weighted by Gasteiger charge is -2.13. The summed E-state index contributed by atoms with van der Waals surface area (Å²) in [6.07, 6.45) is 0. The molecule has 0 aliphatic heterocycles. The van der Waals surface area contributed by atoms with Gasteiger partial charge in [0.15, 0.2) is 11.5 Å². The first kappa shape index (κ1) is 19.7. The Bertz CT molecular complexity index is 971. The van der Waals surface area contributed by atoms with Gasteiger partial charge in [-0.3, -0.25) is 9.89 Å². The van der Waals surface area contributed by atoms with E-state index < -0.39 is 0 Å². The van der Waals surface area contributed by atoms with Crippen molar-refractivity contribution < 1.29 is 19.0 Å². The van der Waals surface area contributed by atoms with E-state index >= 15 is 0 Å². The molecule has 0 atom stereocenters. The molecular weight excluding hydrogens is 380 g/mol. The summed E-state index contributed by atoms with van der Waals surface area (Å²) < 4.78 is 16.1. The maximum atomic E-state index is 12.5. The maximum absolute atomic E-state index is 12.5. The third-order valence-electron chi connectivity index (χ3n) is 4.19. The van der Waals surface area contributed by atoms with E-state index in [9.17, 15) is 4.79 Å².